The average molecular weight is 475 g/mol. The number of sulfonamides is 1. The second kappa shape index (κ2) is 9.04. The summed E-state index contributed by atoms with van der Waals surface area (Å²) in [6.07, 6.45) is 4.61. The Labute approximate surface area is 199 Å². The van der Waals surface area contributed by atoms with Crippen molar-refractivity contribution in [3.8, 4) is 11.3 Å². The molecule has 0 unspecified atom stereocenters. The Morgan fingerprint density at radius 2 is 1.71 bits per heavy atom. The predicted molar refractivity (Wildman–Crippen MR) is 132 cm³/mol. The fraction of sp³-hybridized carbons (Fsp3) is 0.231. The van der Waals surface area contributed by atoms with Crippen LogP contribution < -0.4 is 5.32 Å². The lowest BCUT2D eigenvalue weighted by Gasteiger charge is -2.26. The van der Waals surface area contributed by atoms with Gasteiger partial charge in [0.15, 0.2) is 0 Å². The first-order valence-corrected chi connectivity index (χ1v) is 12.8. The summed E-state index contributed by atoms with van der Waals surface area (Å²) in [6.45, 7) is 3.00. The molecule has 0 spiro atoms. The van der Waals surface area contributed by atoms with Crippen molar-refractivity contribution in [3.05, 3.63) is 84.1 Å². The van der Waals surface area contributed by atoms with E-state index in [-0.39, 0.29) is 10.5 Å². The van der Waals surface area contributed by atoms with Gasteiger partial charge in [0.05, 0.1) is 4.90 Å². The minimum atomic E-state index is -3.64. The topological polar surface area (TPSA) is 83.8 Å². The SMILES string of the molecule is Cc1cccn2c(NC(=O)c3cccc(S(=O)(=O)N4CCCCC4)c3)c(-c3ccccc3)nc12. The van der Waals surface area contributed by atoms with E-state index in [1.54, 1.807) is 18.2 Å². The highest BCUT2D eigenvalue weighted by atomic mass is 32.2. The van der Waals surface area contributed by atoms with E-state index in [1.165, 1.54) is 10.4 Å². The Kier molecular flexibility index (Phi) is 5.93. The van der Waals surface area contributed by atoms with Gasteiger partial charge in [0.25, 0.3) is 5.91 Å². The normalized spacial score (nSPS) is 14.9. The zero-order valence-electron chi connectivity index (χ0n) is 18.9. The van der Waals surface area contributed by atoms with Crippen LogP contribution in [0.2, 0.25) is 0 Å². The van der Waals surface area contributed by atoms with Gasteiger partial charge in [-0.25, -0.2) is 13.4 Å². The van der Waals surface area contributed by atoms with Crippen LogP contribution in [0.1, 0.15) is 35.2 Å². The number of benzene rings is 2. The van der Waals surface area contributed by atoms with Crippen LogP contribution in [0, 0.1) is 6.92 Å². The Morgan fingerprint density at radius 3 is 2.47 bits per heavy atom. The number of nitrogens with zero attached hydrogens (tertiary/aromatic N) is 3. The highest BCUT2D eigenvalue weighted by Crippen LogP contribution is 2.30. The fourth-order valence-electron chi connectivity index (χ4n) is 4.35. The Morgan fingerprint density at radius 1 is 0.941 bits per heavy atom. The molecule has 1 N–H and O–H groups in total. The number of amides is 1. The maximum atomic E-state index is 13.3. The molecule has 1 aliphatic heterocycles. The number of imidazole rings is 1. The van der Waals surface area contributed by atoms with Gasteiger partial charge in [-0.3, -0.25) is 9.20 Å². The number of pyridine rings is 1. The predicted octanol–water partition coefficient (Wildman–Crippen LogP) is 4.74. The number of anilines is 1. The third-order valence-corrected chi connectivity index (χ3v) is 8.07. The van der Waals surface area contributed by atoms with E-state index in [0.717, 1.165) is 36.0 Å². The van der Waals surface area contributed by atoms with Crippen LogP contribution in [0.25, 0.3) is 16.9 Å². The Bertz CT molecular complexity index is 1460. The second-order valence-corrected chi connectivity index (χ2v) is 10.4. The van der Waals surface area contributed by atoms with Gasteiger partial charge in [0.1, 0.15) is 17.2 Å². The quantitative estimate of drug-likeness (QED) is 0.453. The minimum absolute atomic E-state index is 0.138. The number of piperidine rings is 1. The summed E-state index contributed by atoms with van der Waals surface area (Å²) >= 11 is 0. The number of carbonyl (C=O) groups excluding carboxylic acids is 1. The van der Waals surface area contributed by atoms with Crippen LogP contribution in [0.4, 0.5) is 5.82 Å². The van der Waals surface area contributed by atoms with Crippen molar-refractivity contribution in [2.45, 2.75) is 31.1 Å². The maximum absolute atomic E-state index is 13.3. The summed E-state index contributed by atoms with van der Waals surface area (Å²) in [5.74, 6) is 0.148. The van der Waals surface area contributed by atoms with Gasteiger partial charge in [0, 0.05) is 30.4 Å². The highest BCUT2D eigenvalue weighted by molar-refractivity contribution is 7.89. The van der Waals surface area contributed by atoms with Crippen molar-refractivity contribution in [2.24, 2.45) is 0 Å². The summed E-state index contributed by atoms with van der Waals surface area (Å²) in [5, 5.41) is 2.99. The zero-order chi connectivity index (χ0) is 23.7. The summed E-state index contributed by atoms with van der Waals surface area (Å²) in [5.41, 5.74) is 3.54. The van der Waals surface area contributed by atoms with E-state index in [4.69, 9.17) is 4.98 Å². The van der Waals surface area contributed by atoms with Crippen molar-refractivity contribution >= 4 is 27.4 Å². The monoisotopic (exact) mass is 474 g/mol. The van der Waals surface area contributed by atoms with Crippen molar-refractivity contribution in [3.63, 3.8) is 0 Å². The molecule has 2 aromatic carbocycles. The van der Waals surface area contributed by atoms with Crippen molar-refractivity contribution in [2.75, 3.05) is 18.4 Å². The fourth-order valence-corrected chi connectivity index (χ4v) is 5.92. The van der Waals surface area contributed by atoms with Gasteiger partial charge >= 0.3 is 0 Å². The third-order valence-electron chi connectivity index (χ3n) is 6.17. The average Bonchev–Trinajstić information content (AvgIpc) is 3.25. The first-order valence-electron chi connectivity index (χ1n) is 11.4. The zero-order valence-corrected chi connectivity index (χ0v) is 19.8. The van der Waals surface area contributed by atoms with E-state index < -0.39 is 15.9 Å². The molecule has 5 rings (SSSR count). The van der Waals surface area contributed by atoms with Crippen molar-refractivity contribution in [1.29, 1.82) is 0 Å². The van der Waals surface area contributed by atoms with Crippen LogP contribution in [-0.2, 0) is 10.0 Å². The molecular weight excluding hydrogens is 448 g/mol. The number of aromatic nitrogens is 2. The molecular formula is C26H26N4O3S. The van der Waals surface area contributed by atoms with Crippen molar-refractivity contribution in [1.82, 2.24) is 13.7 Å². The first-order chi connectivity index (χ1) is 16.4. The molecule has 1 amide bonds. The third kappa shape index (κ3) is 4.10. The minimum Gasteiger partial charge on any atom is -0.306 e. The lowest BCUT2D eigenvalue weighted by molar-refractivity contribution is 0.102. The first kappa shape index (κ1) is 22.3. The van der Waals surface area contributed by atoms with E-state index >= 15 is 0 Å². The molecule has 1 aliphatic rings. The number of nitrogens with one attached hydrogen (secondary N) is 1. The number of aryl methyl sites for hydroxylation is 1. The molecule has 0 aliphatic carbocycles. The molecule has 3 heterocycles. The lowest BCUT2D eigenvalue weighted by atomic mass is 10.1. The molecule has 0 saturated carbocycles. The van der Waals surface area contributed by atoms with Crippen LogP contribution in [0.5, 0.6) is 0 Å². The molecule has 1 fully saturated rings. The molecule has 34 heavy (non-hydrogen) atoms. The maximum Gasteiger partial charge on any atom is 0.256 e. The number of fused-ring (bicyclic) bond motifs is 1. The largest absolute Gasteiger partial charge is 0.306 e. The summed E-state index contributed by atoms with van der Waals surface area (Å²) in [7, 11) is -3.64. The van der Waals surface area contributed by atoms with Gasteiger partial charge in [-0.1, -0.05) is 48.9 Å². The van der Waals surface area contributed by atoms with Gasteiger partial charge in [0.2, 0.25) is 10.0 Å². The van der Waals surface area contributed by atoms with E-state index in [0.29, 0.717) is 24.6 Å². The van der Waals surface area contributed by atoms with Crippen LogP contribution in [0.3, 0.4) is 0 Å². The molecule has 0 bridgehead atoms. The molecule has 2 aromatic heterocycles. The smallest absolute Gasteiger partial charge is 0.256 e. The van der Waals surface area contributed by atoms with E-state index in [1.807, 2.05) is 60.0 Å². The number of rotatable bonds is 5. The van der Waals surface area contributed by atoms with Gasteiger partial charge in [-0.05, 0) is 49.6 Å². The number of hydrogen-bond acceptors (Lipinski definition) is 4. The molecule has 7 nitrogen and oxygen atoms in total. The second-order valence-electron chi connectivity index (χ2n) is 8.51. The summed E-state index contributed by atoms with van der Waals surface area (Å²) < 4.78 is 29.6. The number of carbonyl (C=O) groups is 1. The molecule has 174 valence electrons. The van der Waals surface area contributed by atoms with Crippen LogP contribution in [-0.4, -0.2) is 41.1 Å². The highest BCUT2D eigenvalue weighted by Gasteiger charge is 2.27. The van der Waals surface area contributed by atoms with Gasteiger partial charge in [-0.2, -0.15) is 4.31 Å². The van der Waals surface area contributed by atoms with E-state index in [9.17, 15) is 13.2 Å². The summed E-state index contributed by atoms with van der Waals surface area (Å²) in [6, 6.07) is 19.8. The van der Waals surface area contributed by atoms with Crippen LogP contribution >= 0.6 is 0 Å². The molecule has 4 aromatic rings. The Hall–Kier alpha value is -3.49. The standard InChI is InChI=1S/C26H26N4O3S/c1-19-10-9-17-30-24(19)27-23(20-11-4-2-5-12-20)25(30)28-26(31)21-13-8-14-22(18-21)34(32,33)29-15-6-3-7-16-29/h2,4-5,8-14,17-18H,3,6-7,15-16H2,1H3,(H,28,31). The Balaban J connectivity index is 1.51. The molecule has 1 saturated heterocycles. The summed E-state index contributed by atoms with van der Waals surface area (Å²) in [4.78, 5) is 18.3. The van der Waals surface area contributed by atoms with Gasteiger partial charge < -0.3 is 5.32 Å². The lowest BCUT2D eigenvalue weighted by Crippen LogP contribution is -2.35. The molecule has 8 heteroatoms. The molecule has 0 atom stereocenters. The van der Waals surface area contributed by atoms with E-state index in [2.05, 4.69) is 5.32 Å². The van der Waals surface area contributed by atoms with Crippen molar-refractivity contribution < 1.29 is 13.2 Å². The van der Waals surface area contributed by atoms with Gasteiger partial charge in [-0.15, -0.1) is 0 Å². The molecule has 0 radical (unpaired) electrons. The van der Waals surface area contributed by atoms with Crippen LogP contribution in [0.15, 0.2) is 77.8 Å². The number of hydrogen-bond donors (Lipinski definition) is 1.